The lowest BCUT2D eigenvalue weighted by Gasteiger charge is -2.30. The monoisotopic (exact) mass is 336 g/mol. The van der Waals surface area contributed by atoms with Crippen molar-refractivity contribution in [1.29, 1.82) is 0 Å². The summed E-state index contributed by atoms with van der Waals surface area (Å²) >= 11 is 0. The van der Waals surface area contributed by atoms with Crippen molar-refractivity contribution in [2.45, 2.75) is 64.2 Å². The largest absolute Gasteiger partial charge is 0.478 e. The second-order valence-corrected chi connectivity index (χ2v) is 6.93. The van der Waals surface area contributed by atoms with E-state index in [4.69, 9.17) is 14.6 Å². The Morgan fingerprint density at radius 3 is 2.38 bits per heavy atom. The van der Waals surface area contributed by atoms with Crippen LogP contribution in [0.4, 0.5) is 4.79 Å². The van der Waals surface area contributed by atoms with Gasteiger partial charge < -0.3 is 19.9 Å². The fourth-order valence-electron chi connectivity index (χ4n) is 2.55. The Hall–Kier alpha value is -2.31. The molecular formula is C17H24N2O5. The summed E-state index contributed by atoms with van der Waals surface area (Å²) in [5, 5.41) is 11.7. The van der Waals surface area contributed by atoms with E-state index in [1.807, 2.05) is 20.8 Å². The first-order valence-corrected chi connectivity index (χ1v) is 8.08. The molecule has 1 aromatic heterocycles. The molecule has 132 valence electrons. The number of nitrogens with zero attached hydrogens (tertiary/aromatic N) is 1. The molecule has 1 aliphatic rings. The van der Waals surface area contributed by atoms with Crippen molar-refractivity contribution in [3.8, 4) is 5.88 Å². The summed E-state index contributed by atoms with van der Waals surface area (Å²) in [7, 11) is 0. The molecule has 2 N–H and O–H groups in total. The first kappa shape index (κ1) is 18.0. The van der Waals surface area contributed by atoms with Crippen molar-refractivity contribution in [3.05, 3.63) is 23.9 Å². The summed E-state index contributed by atoms with van der Waals surface area (Å²) in [5.41, 5.74) is -0.370. The maximum absolute atomic E-state index is 11.8. The Morgan fingerprint density at radius 1 is 1.21 bits per heavy atom. The fourth-order valence-corrected chi connectivity index (χ4v) is 2.55. The van der Waals surface area contributed by atoms with Crippen molar-refractivity contribution in [1.82, 2.24) is 10.3 Å². The van der Waals surface area contributed by atoms with Crippen LogP contribution < -0.4 is 10.1 Å². The lowest BCUT2D eigenvalue weighted by molar-refractivity contribution is 0.0468. The van der Waals surface area contributed by atoms with E-state index in [0.29, 0.717) is 5.88 Å². The Morgan fingerprint density at radius 2 is 1.88 bits per heavy atom. The van der Waals surface area contributed by atoms with E-state index in [0.717, 1.165) is 25.7 Å². The molecule has 2 rings (SSSR count). The first-order valence-electron chi connectivity index (χ1n) is 8.08. The number of aromatic carboxylic acids is 1. The van der Waals surface area contributed by atoms with Crippen LogP contribution >= 0.6 is 0 Å². The summed E-state index contributed by atoms with van der Waals surface area (Å²) in [5.74, 6) is -0.591. The molecule has 1 aliphatic carbocycles. The zero-order chi connectivity index (χ0) is 17.7. The summed E-state index contributed by atoms with van der Waals surface area (Å²) in [4.78, 5) is 26.6. The zero-order valence-corrected chi connectivity index (χ0v) is 14.2. The van der Waals surface area contributed by atoms with E-state index in [9.17, 15) is 9.59 Å². The SMILES string of the molecule is CC(C)(C)OC(=O)NC1CCC(Oc2ccc(C(=O)O)cn2)CC1. The van der Waals surface area contributed by atoms with Crippen LogP contribution in [0.25, 0.3) is 0 Å². The van der Waals surface area contributed by atoms with E-state index >= 15 is 0 Å². The van der Waals surface area contributed by atoms with Gasteiger partial charge in [-0.1, -0.05) is 0 Å². The van der Waals surface area contributed by atoms with Gasteiger partial charge in [0.15, 0.2) is 0 Å². The van der Waals surface area contributed by atoms with E-state index in [1.165, 1.54) is 12.3 Å². The molecule has 0 unspecified atom stereocenters. The molecule has 7 nitrogen and oxygen atoms in total. The standard InChI is InChI=1S/C17H24N2O5/c1-17(2,3)24-16(22)19-12-5-7-13(8-6-12)23-14-9-4-11(10-18-14)15(20)21/h4,9-10,12-13H,5-8H2,1-3H3,(H,19,22)(H,20,21). The number of pyridine rings is 1. The summed E-state index contributed by atoms with van der Waals surface area (Å²) in [6.07, 6.45) is 4.11. The number of carbonyl (C=O) groups is 2. The number of amides is 1. The van der Waals surface area contributed by atoms with Crippen molar-refractivity contribution in [2.24, 2.45) is 0 Å². The number of aromatic nitrogens is 1. The lowest BCUT2D eigenvalue weighted by atomic mass is 9.93. The third-order valence-corrected chi connectivity index (χ3v) is 3.67. The van der Waals surface area contributed by atoms with Gasteiger partial charge in [0.1, 0.15) is 11.7 Å². The lowest BCUT2D eigenvalue weighted by Crippen LogP contribution is -2.42. The molecule has 0 atom stereocenters. The molecule has 1 amide bonds. The highest BCUT2D eigenvalue weighted by Crippen LogP contribution is 2.23. The predicted molar refractivity (Wildman–Crippen MR) is 87.2 cm³/mol. The van der Waals surface area contributed by atoms with Crippen LogP contribution in [-0.2, 0) is 4.74 Å². The number of ether oxygens (including phenoxy) is 2. The minimum atomic E-state index is -1.01. The zero-order valence-electron chi connectivity index (χ0n) is 14.2. The number of nitrogens with one attached hydrogen (secondary N) is 1. The number of alkyl carbamates (subject to hydrolysis) is 1. The van der Waals surface area contributed by atoms with Gasteiger partial charge in [-0.15, -0.1) is 0 Å². The van der Waals surface area contributed by atoms with E-state index in [-0.39, 0.29) is 17.7 Å². The van der Waals surface area contributed by atoms with E-state index < -0.39 is 17.7 Å². The van der Waals surface area contributed by atoms with Gasteiger partial charge in [-0.25, -0.2) is 14.6 Å². The molecule has 0 saturated heterocycles. The van der Waals surface area contributed by atoms with Crippen LogP contribution in [0.3, 0.4) is 0 Å². The van der Waals surface area contributed by atoms with Crippen LogP contribution in [0, 0.1) is 0 Å². The van der Waals surface area contributed by atoms with Gasteiger partial charge in [-0.3, -0.25) is 0 Å². The van der Waals surface area contributed by atoms with Crippen LogP contribution in [-0.4, -0.2) is 39.9 Å². The Kier molecular flexibility index (Phi) is 5.64. The Balaban J connectivity index is 1.76. The van der Waals surface area contributed by atoms with Crippen LogP contribution in [0.5, 0.6) is 5.88 Å². The van der Waals surface area contributed by atoms with Crippen LogP contribution in [0.2, 0.25) is 0 Å². The van der Waals surface area contributed by atoms with E-state index in [2.05, 4.69) is 10.3 Å². The number of hydrogen-bond donors (Lipinski definition) is 2. The molecule has 0 bridgehead atoms. The topological polar surface area (TPSA) is 97.8 Å². The minimum Gasteiger partial charge on any atom is -0.478 e. The first-order chi connectivity index (χ1) is 11.2. The third-order valence-electron chi connectivity index (χ3n) is 3.67. The van der Waals surface area contributed by atoms with Crippen LogP contribution in [0.15, 0.2) is 18.3 Å². The molecule has 0 aliphatic heterocycles. The Bertz CT molecular complexity index is 572. The van der Waals surface area contributed by atoms with Gasteiger partial charge >= 0.3 is 12.1 Å². The Labute approximate surface area is 141 Å². The molecule has 0 spiro atoms. The van der Waals surface area contributed by atoms with Crippen molar-refractivity contribution in [2.75, 3.05) is 0 Å². The smallest absolute Gasteiger partial charge is 0.407 e. The maximum atomic E-state index is 11.8. The van der Waals surface area contributed by atoms with Gasteiger partial charge in [0.05, 0.1) is 5.56 Å². The second kappa shape index (κ2) is 7.51. The fraction of sp³-hybridized carbons (Fsp3) is 0.588. The van der Waals surface area contributed by atoms with Gasteiger partial charge in [0, 0.05) is 18.3 Å². The molecule has 7 heteroatoms. The minimum absolute atomic E-state index is 0.0184. The molecule has 1 heterocycles. The number of rotatable bonds is 4. The summed E-state index contributed by atoms with van der Waals surface area (Å²) in [6.45, 7) is 5.50. The highest BCUT2D eigenvalue weighted by Gasteiger charge is 2.25. The average Bonchev–Trinajstić information content (AvgIpc) is 2.48. The van der Waals surface area contributed by atoms with Crippen molar-refractivity contribution >= 4 is 12.1 Å². The van der Waals surface area contributed by atoms with Gasteiger partial charge in [0.2, 0.25) is 5.88 Å². The van der Waals surface area contributed by atoms with Crippen molar-refractivity contribution < 1.29 is 24.2 Å². The second-order valence-electron chi connectivity index (χ2n) is 6.93. The van der Waals surface area contributed by atoms with E-state index in [1.54, 1.807) is 6.07 Å². The number of carbonyl (C=O) groups excluding carboxylic acids is 1. The highest BCUT2D eigenvalue weighted by molar-refractivity contribution is 5.87. The molecular weight excluding hydrogens is 312 g/mol. The molecule has 1 saturated carbocycles. The summed E-state index contributed by atoms with van der Waals surface area (Å²) < 4.78 is 11.0. The molecule has 0 aromatic carbocycles. The van der Waals surface area contributed by atoms with Gasteiger partial charge in [-0.2, -0.15) is 0 Å². The highest BCUT2D eigenvalue weighted by atomic mass is 16.6. The predicted octanol–water partition coefficient (Wildman–Crippen LogP) is 2.99. The molecule has 24 heavy (non-hydrogen) atoms. The number of carboxylic acids is 1. The van der Waals surface area contributed by atoms with Gasteiger partial charge in [0.25, 0.3) is 0 Å². The number of hydrogen-bond acceptors (Lipinski definition) is 5. The van der Waals surface area contributed by atoms with Crippen molar-refractivity contribution in [3.63, 3.8) is 0 Å². The normalized spacial score (nSPS) is 21.0. The number of carboxylic acid groups (broad SMARTS) is 1. The molecule has 1 fully saturated rings. The average molecular weight is 336 g/mol. The molecule has 0 radical (unpaired) electrons. The quantitative estimate of drug-likeness (QED) is 0.877. The summed E-state index contributed by atoms with van der Waals surface area (Å²) in [6, 6.07) is 3.12. The van der Waals surface area contributed by atoms with Crippen LogP contribution in [0.1, 0.15) is 56.8 Å². The molecule has 1 aromatic rings. The van der Waals surface area contributed by atoms with Gasteiger partial charge in [-0.05, 0) is 52.5 Å². The maximum Gasteiger partial charge on any atom is 0.407 e. The third kappa shape index (κ3) is 5.72.